The van der Waals surface area contributed by atoms with E-state index in [1.165, 1.54) is 0 Å². The Bertz CT molecular complexity index is 613. The quantitative estimate of drug-likeness (QED) is 0.723. The van der Waals surface area contributed by atoms with Crippen molar-refractivity contribution in [3.05, 3.63) is 34.0 Å². The largest absolute Gasteiger partial charge is 0.272 e. The summed E-state index contributed by atoms with van der Waals surface area (Å²) in [6.45, 7) is 4.40. The molecule has 2 heterocycles. The third-order valence-electron chi connectivity index (χ3n) is 3.15. The minimum absolute atomic E-state index is 0.123. The molecule has 16 heavy (non-hydrogen) atoms. The normalized spacial score (nSPS) is 17.6. The zero-order valence-electron chi connectivity index (χ0n) is 9.37. The van der Waals surface area contributed by atoms with Crippen LogP contribution in [-0.4, -0.2) is 15.2 Å². The van der Waals surface area contributed by atoms with E-state index >= 15 is 0 Å². The van der Waals surface area contributed by atoms with Crippen molar-refractivity contribution in [3.8, 4) is 0 Å². The lowest BCUT2D eigenvalue weighted by atomic mass is 9.77. The van der Waals surface area contributed by atoms with Gasteiger partial charge in [-0.05, 0) is 24.3 Å². The zero-order chi connectivity index (χ0) is 11.3. The Balaban J connectivity index is 2.43. The Morgan fingerprint density at radius 2 is 2.06 bits per heavy atom. The number of hydrogen-bond donors (Lipinski definition) is 1. The van der Waals surface area contributed by atoms with Crippen LogP contribution in [0.5, 0.6) is 0 Å². The average Bonchev–Trinajstić information content (AvgIpc) is 2.21. The van der Waals surface area contributed by atoms with E-state index in [1.54, 1.807) is 12.3 Å². The molecule has 0 aliphatic heterocycles. The fraction of sp³-hybridized carbons (Fsp3) is 0.417. The van der Waals surface area contributed by atoms with Gasteiger partial charge in [0.15, 0.2) is 0 Å². The monoisotopic (exact) mass is 215 g/mol. The number of hydrogen-bond acceptors (Lipinski definition) is 3. The summed E-state index contributed by atoms with van der Waals surface area (Å²) < 4.78 is 0. The molecule has 0 unspecified atom stereocenters. The Morgan fingerprint density at radius 3 is 2.88 bits per heavy atom. The topological polar surface area (TPSA) is 58.6 Å². The van der Waals surface area contributed by atoms with E-state index < -0.39 is 0 Å². The highest BCUT2D eigenvalue weighted by atomic mass is 16.1. The Labute approximate surface area is 92.7 Å². The predicted octanol–water partition coefficient (Wildman–Crippen LogP) is 1.44. The van der Waals surface area contributed by atoms with Gasteiger partial charge in [-0.3, -0.25) is 9.78 Å². The van der Waals surface area contributed by atoms with Gasteiger partial charge < -0.3 is 0 Å². The lowest BCUT2D eigenvalue weighted by Crippen LogP contribution is -2.27. The molecule has 0 fully saturated rings. The van der Waals surface area contributed by atoms with Gasteiger partial charge in [0.2, 0.25) is 0 Å². The zero-order valence-corrected chi connectivity index (χ0v) is 9.37. The second-order valence-corrected chi connectivity index (χ2v) is 5.20. The highest BCUT2D eigenvalue weighted by molar-refractivity contribution is 5.86. The molecule has 2 aromatic rings. The van der Waals surface area contributed by atoms with Gasteiger partial charge in [-0.2, -0.15) is 5.10 Å². The van der Waals surface area contributed by atoms with E-state index in [2.05, 4.69) is 29.0 Å². The number of aromatic amines is 1. The molecule has 2 aromatic heterocycles. The highest BCUT2D eigenvalue weighted by Crippen LogP contribution is 2.34. The van der Waals surface area contributed by atoms with Crippen LogP contribution in [0.3, 0.4) is 0 Å². The first kappa shape index (κ1) is 9.51. The van der Waals surface area contributed by atoms with Gasteiger partial charge in [-0.1, -0.05) is 13.8 Å². The molecule has 82 valence electrons. The van der Waals surface area contributed by atoms with Crippen LogP contribution in [0.1, 0.15) is 25.2 Å². The molecule has 1 aliphatic carbocycles. The second-order valence-electron chi connectivity index (χ2n) is 5.20. The smallest absolute Gasteiger partial charge is 0.267 e. The fourth-order valence-electron chi connectivity index (χ4n) is 2.48. The minimum atomic E-state index is -0.123. The molecule has 1 aliphatic rings. The summed E-state index contributed by atoms with van der Waals surface area (Å²) in [5.41, 5.74) is 2.01. The van der Waals surface area contributed by atoms with Crippen molar-refractivity contribution in [3.63, 3.8) is 0 Å². The number of pyridine rings is 1. The summed E-state index contributed by atoms with van der Waals surface area (Å²) in [5, 5.41) is 8.39. The van der Waals surface area contributed by atoms with Crippen LogP contribution in [0.4, 0.5) is 0 Å². The fourth-order valence-corrected chi connectivity index (χ4v) is 2.48. The van der Waals surface area contributed by atoms with Crippen molar-refractivity contribution in [1.29, 1.82) is 0 Å². The summed E-state index contributed by atoms with van der Waals surface area (Å²) in [6.07, 6.45) is 3.50. The maximum absolute atomic E-state index is 11.6. The highest BCUT2D eigenvalue weighted by Gasteiger charge is 2.29. The third kappa shape index (κ3) is 1.26. The van der Waals surface area contributed by atoms with Crippen molar-refractivity contribution < 1.29 is 0 Å². The lowest BCUT2D eigenvalue weighted by Gasteiger charge is -2.29. The molecule has 0 aromatic carbocycles. The molecule has 0 saturated carbocycles. The predicted molar refractivity (Wildman–Crippen MR) is 61.3 cm³/mol. The van der Waals surface area contributed by atoms with Crippen molar-refractivity contribution >= 4 is 10.8 Å². The van der Waals surface area contributed by atoms with Gasteiger partial charge in [-0.25, -0.2) is 5.10 Å². The van der Waals surface area contributed by atoms with Gasteiger partial charge in [0.05, 0.1) is 16.8 Å². The van der Waals surface area contributed by atoms with Gasteiger partial charge in [0.25, 0.3) is 5.56 Å². The van der Waals surface area contributed by atoms with Crippen LogP contribution < -0.4 is 5.56 Å². The van der Waals surface area contributed by atoms with E-state index in [9.17, 15) is 4.79 Å². The summed E-state index contributed by atoms with van der Waals surface area (Å²) in [6, 6.07) is 1.77. The van der Waals surface area contributed by atoms with Gasteiger partial charge in [-0.15, -0.1) is 0 Å². The SMILES string of the molecule is CC1(C)Cc2nccc3c(=O)[nH]nc(c23)C1. The van der Waals surface area contributed by atoms with Crippen LogP contribution in [0.25, 0.3) is 10.8 Å². The molecule has 0 spiro atoms. The van der Waals surface area contributed by atoms with E-state index in [0.29, 0.717) is 5.39 Å². The van der Waals surface area contributed by atoms with Crippen molar-refractivity contribution in [2.45, 2.75) is 26.7 Å². The van der Waals surface area contributed by atoms with Crippen LogP contribution in [-0.2, 0) is 12.8 Å². The molecular formula is C12H13N3O. The molecule has 0 atom stereocenters. The van der Waals surface area contributed by atoms with Gasteiger partial charge in [0.1, 0.15) is 0 Å². The van der Waals surface area contributed by atoms with Crippen molar-refractivity contribution in [2.75, 3.05) is 0 Å². The molecule has 4 heteroatoms. The van der Waals surface area contributed by atoms with Crippen LogP contribution >= 0.6 is 0 Å². The van der Waals surface area contributed by atoms with Crippen LogP contribution in [0, 0.1) is 5.41 Å². The van der Waals surface area contributed by atoms with E-state index in [-0.39, 0.29) is 11.0 Å². The second kappa shape index (κ2) is 2.90. The third-order valence-corrected chi connectivity index (χ3v) is 3.15. The molecule has 1 N–H and O–H groups in total. The minimum Gasteiger partial charge on any atom is -0.267 e. The Hall–Kier alpha value is -1.71. The number of H-pyrrole nitrogens is 1. The number of rotatable bonds is 0. The summed E-state index contributed by atoms with van der Waals surface area (Å²) in [5.74, 6) is 0. The summed E-state index contributed by atoms with van der Waals surface area (Å²) >= 11 is 0. The van der Waals surface area contributed by atoms with Gasteiger partial charge in [0, 0.05) is 11.6 Å². The van der Waals surface area contributed by atoms with Crippen molar-refractivity contribution in [2.24, 2.45) is 5.41 Å². The first-order chi connectivity index (χ1) is 7.57. The van der Waals surface area contributed by atoms with Gasteiger partial charge >= 0.3 is 0 Å². The van der Waals surface area contributed by atoms with E-state index in [4.69, 9.17) is 0 Å². The molecule has 3 rings (SSSR count). The first-order valence-corrected chi connectivity index (χ1v) is 5.42. The Morgan fingerprint density at radius 1 is 1.31 bits per heavy atom. The molecule has 0 bridgehead atoms. The lowest BCUT2D eigenvalue weighted by molar-refractivity contribution is 0.346. The van der Waals surface area contributed by atoms with Crippen LogP contribution in [0.2, 0.25) is 0 Å². The molecular weight excluding hydrogens is 202 g/mol. The summed E-state index contributed by atoms with van der Waals surface area (Å²) in [4.78, 5) is 16.0. The van der Waals surface area contributed by atoms with Crippen molar-refractivity contribution in [1.82, 2.24) is 15.2 Å². The maximum Gasteiger partial charge on any atom is 0.272 e. The Kier molecular flexibility index (Phi) is 1.73. The number of nitrogens with one attached hydrogen (secondary N) is 1. The average molecular weight is 215 g/mol. The first-order valence-electron chi connectivity index (χ1n) is 5.42. The standard InChI is InChI=1S/C12H13N3O/c1-12(2)5-8-10-7(3-4-13-8)11(16)15-14-9(10)6-12/h3-4H,5-6H2,1-2H3,(H,15,16). The molecule has 4 nitrogen and oxygen atoms in total. The van der Waals surface area contributed by atoms with Crippen LogP contribution in [0.15, 0.2) is 17.1 Å². The number of aromatic nitrogens is 3. The van der Waals surface area contributed by atoms with E-state index in [1.807, 2.05) is 0 Å². The maximum atomic E-state index is 11.6. The molecule has 0 saturated heterocycles. The number of nitrogens with zero attached hydrogens (tertiary/aromatic N) is 2. The summed E-state index contributed by atoms with van der Waals surface area (Å²) in [7, 11) is 0. The molecule has 0 amide bonds. The van der Waals surface area contributed by atoms with E-state index in [0.717, 1.165) is 29.6 Å². The molecule has 0 radical (unpaired) electrons.